The molecule has 0 amide bonds. The number of nitrogens with one attached hydrogen (secondary N) is 1. The zero-order chi connectivity index (χ0) is 9.54. The molecule has 1 fully saturated rings. The van der Waals surface area contributed by atoms with Crippen molar-refractivity contribution in [3.05, 3.63) is 30.2 Å². The van der Waals surface area contributed by atoms with Crippen LogP contribution in [0.15, 0.2) is 24.4 Å². The fraction of sp³-hybridized carbons (Fsp3) is 0.300. The summed E-state index contributed by atoms with van der Waals surface area (Å²) < 4.78 is 13.0. The fourth-order valence-corrected chi connectivity index (χ4v) is 1.48. The molecule has 3 rings (SSSR count). The Morgan fingerprint density at radius 2 is 2.29 bits per heavy atom. The average molecular weight is 191 g/mol. The fourth-order valence-electron chi connectivity index (χ4n) is 1.48. The monoisotopic (exact) mass is 191 g/mol. The van der Waals surface area contributed by atoms with Crippen molar-refractivity contribution in [1.29, 1.82) is 0 Å². The predicted molar refractivity (Wildman–Crippen MR) is 52.1 cm³/mol. The van der Waals surface area contributed by atoms with E-state index in [4.69, 9.17) is 0 Å². The molecule has 0 atom stereocenters. The van der Waals surface area contributed by atoms with Crippen LogP contribution in [0.25, 0.3) is 10.9 Å². The maximum absolute atomic E-state index is 13.0. The molecule has 0 saturated heterocycles. The number of aromatic nitrogens is 2. The first kappa shape index (κ1) is 7.79. The molecule has 0 aliphatic heterocycles. The third kappa shape index (κ3) is 1.23. The van der Waals surface area contributed by atoms with Crippen LogP contribution in [0.4, 0.5) is 4.39 Å². The Morgan fingerprint density at radius 3 is 3.07 bits per heavy atom. The molecule has 1 N–H and O–H groups in total. The summed E-state index contributed by atoms with van der Waals surface area (Å²) in [6, 6.07) is 5.20. The first-order chi connectivity index (χ1) is 6.83. The Bertz CT molecular complexity index is 473. The Kier molecular flexibility index (Phi) is 1.50. The van der Waals surface area contributed by atoms with Gasteiger partial charge in [-0.15, -0.1) is 0 Å². The van der Waals surface area contributed by atoms with E-state index in [1.165, 1.54) is 25.0 Å². The second kappa shape index (κ2) is 2.70. The highest BCUT2D eigenvalue weighted by Gasteiger charge is 2.21. The summed E-state index contributed by atoms with van der Waals surface area (Å²) >= 11 is 0. The van der Waals surface area contributed by atoms with Gasteiger partial charge in [0.15, 0.2) is 0 Å². The van der Waals surface area contributed by atoms with Crippen LogP contribution in [0.3, 0.4) is 0 Å². The molecule has 4 heteroatoms. The number of benzene rings is 1. The molecule has 3 nitrogen and oxygen atoms in total. The zero-order valence-corrected chi connectivity index (χ0v) is 7.57. The SMILES string of the molecule is Fc1ccc2cnn(NC3CC3)c2c1. The highest BCUT2D eigenvalue weighted by atomic mass is 19.1. The van der Waals surface area contributed by atoms with Gasteiger partial charge in [-0.3, -0.25) is 0 Å². The van der Waals surface area contributed by atoms with Gasteiger partial charge in [-0.1, -0.05) is 0 Å². The van der Waals surface area contributed by atoms with E-state index in [9.17, 15) is 4.39 Å². The van der Waals surface area contributed by atoms with Crippen LogP contribution in [0.5, 0.6) is 0 Å². The van der Waals surface area contributed by atoms with E-state index in [0.717, 1.165) is 10.9 Å². The Morgan fingerprint density at radius 1 is 1.43 bits per heavy atom. The number of nitrogens with zero attached hydrogens (tertiary/aromatic N) is 2. The van der Waals surface area contributed by atoms with E-state index < -0.39 is 0 Å². The molecule has 72 valence electrons. The zero-order valence-electron chi connectivity index (χ0n) is 7.57. The largest absolute Gasteiger partial charge is 0.306 e. The number of hydrogen-bond acceptors (Lipinski definition) is 2. The highest BCUT2D eigenvalue weighted by Crippen LogP contribution is 2.21. The molecule has 1 heterocycles. The lowest BCUT2D eigenvalue weighted by molar-refractivity contribution is 0.628. The van der Waals surface area contributed by atoms with Crippen LogP contribution in [-0.2, 0) is 0 Å². The van der Waals surface area contributed by atoms with Gasteiger partial charge in [0.1, 0.15) is 5.82 Å². The Labute approximate surface area is 80.5 Å². The summed E-state index contributed by atoms with van der Waals surface area (Å²) in [5, 5.41) is 5.11. The minimum absolute atomic E-state index is 0.225. The van der Waals surface area contributed by atoms with Gasteiger partial charge in [0.25, 0.3) is 0 Å². The van der Waals surface area contributed by atoms with Gasteiger partial charge in [0, 0.05) is 17.5 Å². The van der Waals surface area contributed by atoms with E-state index >= 15 is 0 Å². The lowest BCUT2D eigenvalue weighted by atomic mass is 10.2. The smallest absolute Gasteiger partial charge is 0.125 e. The second-order valence-corrected chi connectivity index (χ2v) is 3.66. The normalized spacial score (nSPS) is 16.1. The van der Waals surface area contributed by atoms with Gasteiger partial charge in [-0.2, -0.15) is 9.89 Å². The molecular formula is C10H10FN3. The van der Waals surface area contributed by atoms with Crippen molar-refractivity contribution in [1.82, 2.24) is 9.89 Å². The van der Waals surface area contributed by atoms with E-state index in [1.807, 2.05) is 0 Å². The van der Waals surface area contributed by atoms with Crippen molar-refractivity contribution in [3.63, 3.8) is 0 Å². The molecular weight excluding hydrogens is 181 g/mol. The maximum Gasteiger partial charge on any atom is 0.125 e. The van der Waals surface area contributed by atoms with Gasteiger partial charge < -0.3 is 5.43 Å². The summed E-state index contributed by atoms with van der Waals surface area (Å²) in [4.78, 5) is 1.66. The quantitative estimate of drug-likeness (QED) is 0.785. The minimum atomic E-state index is -0.225. The van der Waals surface area contributed by atoms with Crippen LogP contribution in [-0.4, -0.2) is 15.9 Å². The number of rotatable bonds is 2. The van der Waals surface area contributed by atoms with Gasteiger partial charge >= 0.3 is 0 Å². The molecule has 14 heavy (non-hydrogen) atoms. The van der Waals surface area contributed by atoms with Crippen molar-refractivity contribution >= 4 is 10.9 Å². The lowest BCUT2D eigenvalue weighted by Crippen LogP contribution is -2.17. The lowest BCUT2D eigenvalue weighted by Gasteiger charge is -2.04. The molecule has 0 spiro atoms. The molecule has 0 radical (unpaired) electrons. The van der Waals surface area contributed by atoms with E-state index in [0.29, 0.717) is 6.04 Å². The van der Waals surface area contributed by atoms with Gasteiger partial charge in [0.05, 0.1) is 11.7 Å². The molecule has 0 unspecified atom stereocenters. The first-order valence-electron chi connectivity index (χ1n) is 4.73. The van der Waals surface area contributed by atoms with E-state index in [2.05, 4.69) is 10.5 Å². The van der Waals surface area contributed by atoms with Gasteiger partial charge in [-0.25, -0.2) is 4.39 Å². The third-order valence-electron chi connectivity index (χ3n) is 2.42. The predicted octanol–water partition coefficient (Wildman–Crippen LogP) is 1.88. The standard InChI is InChI=1S/C10H10FN3/c11-8-2-1-7-6-12-14(10(7)5-8)13-9-3-4-9/h1-2,5-6,9,13H,3-4H2. The summed E-state index contributed by atoms with van der Waals surface area (Å²) in [5.74, 6) is -0.225. The van der Waals surface area contributed by atoms with Gasteiger partial charge in [-0.05, 0) is 25.0 Å². The summed E-state index contributed by atoms with van der Waals surface area (Å²) in [6.45, 7) is 0. The number of halogens is 1. The molecule has 0 bridgehead atoms. The second-order valence-electron chi connectivity index (χ2n) is 3.66. The molecule has 1 aliphatic carbocycles. The van der Waals surface area contributed by atoms with E-state index in [-0.39, 0.29) is 5.82 Å². The van der Waals surface area contributed by atoms with Crippen molar-refractivity contribution < 1.29 is 4.39 Å². The molecule has 1 aromatic heterocycles. The summed E-state index contributed by atoms with van der Waals surface area (Å²) in [7, 11) is 0. The Balaban J connectivity index is 2.08. The molecule has 1 aliphatic rings. The van der Waals surface area contributed by atoms with Crippen LogP contribution >= 0.6 is 0 Å². The average Bonchev–Trinajstić information content (AvgIpc) is 2.90. The Hall–Kier alpha value is -1.58. The number of hydrogen-bond donors (Lipinski definition) is 1. The van der Waals surface area contributed by atoms with Crippen molar-refractivity contribution in [2.24, 2.45) is 0 Å². The van der Waals surface area contributed by atoms with Crippen molar-refractivity contribution in [3.8, 4) is 0 Å². The van der Waals surface area contributed by atoms with Crippen LogP contribution in [0, 0.1) is 5.82 Å². The minimum Gasteiger partial charge on any atom is -0.306 e. The molecule has 2 aromatic rings. The van der Waals surface area contributed by atoms with Gasteiger partial charge in [0.2, 0.25) is 0 Å². The first-order valence-corrected chi connectivity index (χ1v) is 4.73. The summed E-state index contributed by atoms with van der Waals surface area (Å²) in [6.07, 6.45) is 4.09. The molecule has 1 saturated carbocycles. The third-order valence-corrected chi connectivity index (χ3v) is 2.42. The topological polar surface area (TPSA) is 29.9 Å². The van der Waals surface area contributed by atoms with E-state index in [1.54, 1.807) is 17.1 Å². The number of fused-ring (bicyclic) bond motifs is 1. The van der Waals surface area contributed by atoms with Crippen molar-refractivity contribution in [2.75, 3.05) is 5.43 Å². The highest BCUT2D eigenvalue weighted by molar-refractivity contribution is 5.78. The van der Waals surface area contributed by atoms with Crippen LogP contribution in [0.2, 0.25) is 0 Å². The van der Waals surface area contributed by atoms with Crippen LogP contribution < -0.4 is 5.43 Å². The van der Waals surface area contributed by atoms with Crippen LogP contribution in [0.1, 0.15) is 12.8 Å². The maximum atomic E-state index is 13.0. The molecule has 1 aromatic carbocycles. The van der Waals surface area contributed by atoms with Crippen molar-refractivity contribution in [2.45, 2.75) is 18.9 Å². The summed E-state index contributed by atoms with van der Waals surface area (Å²) in [5.41, 5.74) is 4.01.